The lowest BCUT2D eigenvalue weighted by molar-refractivity contribution is 0.0697. The first-order chi connectivity index (χ1) is 20.4. The largest absolute Gasteiger partial charge is 0.478 e. The van der Waals surface area contributed by atoms with Crippen LogP contribution in [0.15, 0.2) is 61.2 Å². The standard InChI is InChI=1S/C30H31ClFN7O3/c1-2-37-19-33-15-24(37)16-38-27-13-20(30(40)41)4-6-26(27)34-28(38)17-36-10-7-23(8-11-36)39-12-9-29(35-39)42-18-21-3-5-22(31)14-25(21)32/h3-6,9,12-15,19,23H,2,7-8,10-11,16-18H2,1H3,(H,40,41). The van der Waals surface area contributed by atoms with Gasteiger partial charge in [-0.1, -0.05) is 17.7 Å². The fourth-order valence-corrected chi connectivity index (χ4v) is 5.62. The van der Waals surface area contributed by atoms with Crippen molar-refractivity contribution in [1.29, 1.82) is 0 Å². The first-order valence-corrected chi connectivity index (χ1v) is 14.3. The molecule has 4 heterocycles. The average molecular weight is 592 g/mol. The van der Waals surface area contributed by atoms with E-state index >= 15 is 0 Å². The fourth-order valence-electron chi connectivity index (χ4n) is 5.46. The van der Waals surface area contributed by atoms with Crippen molar-refractivity contribution in [2.24, 2.45) is 0 Å². The molecule has 0 atom stereocenters. The minimum atomic E-state index is -0.962. The lowest BCUT2D eigenvalue weighted by atomic mass is 10.1. The number of imidazole rings is 2. The Labute approximate surface area is 246 Å². The molecule has 1 N–H and O–H groups in total. The summed E-state index contributed by atoms with van der Waals surface area (Å²) in [5.74, 6) is -0.0241. The van der Waals surface area contributed by atoms with Gasteiger partial charge in [-0.25, -0.2) is 19.2 Å². The molecule has 0 amide bonds. The van der Waals surface area contributed by atoms with Crippen molar-refractivity contribution in [2.75, 3.05) is 13.1 Å². The minimum absolute atomic E-state index is 0.0759. The SMILES string of the molecule is CCn1cncc1Cn1c(CN2CCC(n3ccc(OCc4ccc(Cl)cc4F)n3)CC2)nc2ccc(C(=O)O)cc21. The van der Waals surface area contributed by atoms with Crippen LogP contribution in [0, 0.1) is 5.82 Å². The number of carboxylic acids is 1. The third-order valence-electron chi connectivity index (χ3n) is 7.80. The summed E-state index contributed by atoms with van der Waals surface area (Å²) in [6, 6.07) is 11.6. The molecule has 1 aliphatic rings. The smallest absolute Gasteiger partial charge is 0.335 e. The summed E-state index contributed by atoms with van der Waals surface area (Å²) in [5, 5.41) is 14.5. The van der Waals surface area contributed by atoms with Gasteiger partial charge in [0.25, 0.3) is 0 Å². The van der Waals surface area contributed by atoms with Gasteiger partial charge in [-0.2, -0.15) is 0 Å². The summed E-state index contributed by atoms with van der Waals surface area (Å²) in [7, 11) is 0. The molecule has 2 aromatic carbocycles. The zero-order valence-corrected chi connectivity index (χ0v) is 23.9. The maximum atomic E-state index is 14.1. The van der Waals surface area contributed by atoms with Crippen LogP contribution in [0.4, 0.5) is 4.39 Å². The van der Waals surface area contributed by atoms with Gasteiger partial charge in [-0.15, -0.1) is 5.10 Å². The van der Waals surface area contributed by atoms with Crippen LogP contribution >= 0.6 is 11.6 Å². The van der Waals surface area contributed by atoms with Gasteiger partial charge >= 0.3 is 5.97 Å². The van der Waals surface area contributed by atoms with Crippen LogP contribution in [0.1, 0.15) is 53.2 Å². The second kappa shape index (κ2) is 11.9. The normalized spacial score (nSPS) is 14.5. The molecule has 3 aromatic heterocycles. The number of aryl methyl sites for hydroxylation is 1. The van der Waals surface area contributed by atoms with Gasteiger partial charge in [0.1, 0.15) is 18.2 Å². The molecule has 218 valence electrons. The van der Waals surface area contributed by atoms with E-state index in [-0.39, 0.29) is 18.2 Å². The van der Waals surface area contributed by atoms with Crippen molar-refractivity contribution < 1.29 is 19.0 Å². The molecule has 0 spiro atoms. The summed E-state index contributed by atoms with van der Waals surface area (Å²) >= 11 is 5.83. The van der Waals surface area contributed by atoms with Crippen molar-refractivity contribution in [1.82, 2.24) is 33.8 Å². The number of halogens is 2. The van der Waals surface area contributed by atoms with E-state index in [1.807, 2.05) is 23.4 Å². The van der Waals surface area contributed by atoms with Crippen molar-refractivity contribution in [3.8, 4) is 5.88 Å². The number of rotatable bonds is 10. The minimum Gasteiger partial charge on any atom is -0.478 e. The van der Waals surface area contributed by atoms with Gasteiger partial charge in [0.15, 0.2) is 0 Å². The van der Waals surface area contributed by atoms with E-state index < -0.39 is 11.8 Å². The Morgan fingerprint density at radius 3 is 2.74 bits per heavy atom. The molecule has 1 fully saturated rings. The van der Waals surface area contributed by atoms with E-state index in [1.54, 1.807) is 36.4 Å². The number of hydrogen-bond donors (Lipinski definition) is 1. The summed E-state index contributed by atoms with van der Waals surface area (Å²) in [6.07, 6.45) is 7.37. The van der Waals surface area contributed by atoms with Crippen molar-refractivity contribution in [3.05, 3.63) is 94.7 Å². The third kappa shape index (κ3) is 5.88. The summed E-state index contributed by atoms with van der Waals surface area (Å²) < 4.78 is 25.9. The van der Waals surface area contributed by atoms with Crippen molar-refractivity contribution in [3.63, 3.8) is 0 Å². The maximum Gasteiger partial charge on any atom is 0.335 e. The number of likely N-dealkylation sites (tertiary alicyclic amines) is 1. The lowest BCUT2D eigenvalue weighted by Gasteiger charge is -2.31. The predicted octanol–water partition coefficient (Wildman–Crippen LogP) is 5.40. The van der Waals surface area contributed by atoms with Gasteiger partial charge in [-0.05, 0) is 50.1 Å². The van der Waals surface area contributed by atoms with Gasteiger partial charge in [-0.3, -0.25) is 9.58 Å². The highest BCUT2D eigenvalue weighted by atomic mass is 35.5. The molecule has 0 unspecified atom stereocenters. The van der Waals surface area contributed by atoms with E-state index in [9.17, 15) is 14.3 Å². The van der Waals surface area contributed by atoms with Gasteiger partial charge in [0.2, 0.25) is 5.88 Å². The van der Waals surface area contributed by atoms with Crippen LogP contribution in [0.5, 0.6) is 5.88 Å². The molecule has 5 aromatic rings. The monoisotopic (exact) mass is 591 g/mol. The zero-order chi connectivity index (χ0) is 29.2. The highest BCUT2D eigenvalue weighted by molar-refractivity contribution is 6.30. The van der Waals surface area contributed by atoms with Crippen molar-refractivity contribution in [2.45, 2.75) is 52.0 Å². The number of fused-ring (bicyclic) bond motifs is 1. The molecule has 0 saturated carbocycles. The van der Waals surface area contributed by atoms with Crippen LogP contribution in [0.2, 0.25) is 5.02 Å². The second-order valence-corrected chi connectivity index (χ2v) is 10.9. The first kappa shape index (κ1) is 27.9. The number of piperidine rings is 1. The second-order valence-electron chi connectivity index (χ2n) is 10.5. The van der Waals surface area contributed by atoms with E-state index in [0.29, 0.717) is 29.6 Å². The van der Waals surface area contributed by atoms with E-state index in [4.69, 9.17) is 21.3 Å². The Kier molecular flexibility index (Phi) is 7.94. The Morgan fingerprint density at radius 2 is 1.98 bits per heavy atom. The van der Waals surface area contributed by atoms with E-state index in [1.165, 1.54) is 6.07 Å². The number of nitrogens with zero attached hydrogens (tertiary/aromatic N) is 7. The van der Waals surface area contributed by atoms with Crippen LogP contribution in [-0.4, -0.2) is 57.9 Å². The van der Waals surface area contributed by atoms with E-state index in [2.05, 4.69) is 31.0 Å². The molecule has 12 heteroatoms. The molecule has 1 aliphatic heterocycles. The van der Waals surface area contributed by atoms with Gasteiger partial charge < -0.3 is 19.0 Å². The molecule has 6 rings (SSSR count). The Morgan fingerprint density at radius 1 is 1.14 bits per heavy atom. The predicted molar refractivity (Wildman–Crippen MR) is 155 cm³/mol. The highest BCUT2D eigenvalue weighted by Crippen LogP contribution is 2.27. The summed E-state index contributed by atoms with van der Waals surface area (Å²) in [5.41, 5.74) is 3.27. The van der Waals surface area contributed by atoms with Gasteiger partial charge in [0.05, 0.1) is 47.7 Å². The number of ether oxygens (including phenoxy) is 1. The topological polar surface area (TPSA) is 103 Å². The van der Waals surface area contributed by atoms with Crippen LogP contribution < -0.4 is 4.74 Å². The lowest BCUT2D eigenvalue weighted by Crippen LogP contribution is -2.35. The molecule has 42 heavy (non-hydrogen) atoms. The summed E-state index contributed by atoms with van der Waals surface area (Å²) in [6.45, 7) is 5.84. The average Bonchev–Trinajstić information content (AvgIpc) is 3.72. The molecule has 10 nitrogen and oxygen atoms in total. The number of benzene rings is 2. The first-order valence-electron chi connectivity index (χ1n) is 13.9. The maximum absolute atomic E-state index is 14.1. The molecular weight excluding hydrogens is 561 g/mol. The number of hydrogen-bond acceptors (Lipinski definition) is 6. The molecule has 0 radical (unpaired) electrons. The number of aromatic carboxylic acids is 1. The molecular formula is C30H31ClFN7O3. The van der Waals surface area contributed by atoms with Crippen LogP contribution in [-0.2, 0) is 26.2 Å². The highest BCUT2D eigenvalue weighted by Gasteiger charge is 2.24. The number of carboxylic acid groups (broad SMARTS) is 1. The molecule has 0 aliphatic carbocycles. The van der Waals surface area contributed by atoms with Crippen LogP contribution in [0.3, 0.4) is 0 Å². The van der Waals surface area contributed by atoms with Gasteiger partial charge in [0, 0.05) is 48.7 Å². The fraction of sp³-hybridized carbons (Fsp3) is 0.333. The van der Waals surface area contributed by atoms with Crippen LogP contribution in [0.25, 0.3) is 11.0 Å². The Balaban J connectivity index is 1.13. The summed E-state index contributed by atoms with van der Waals surface area (Å²) in [4.78, 5) is 23.3. The third-order valence-corrected chi connectivity index (χ3v) is 8.04. The number of aromatic nitrogens is 6. The van der Waals surface area contributed by atoms with E-state index in [0.717, 1.165) is 55.0 Å². The quantitative estimate of drug-likeness (QED) is 0.232. The zero-order valence-electron chi connectivity index (χ0n) is 23.2. The Bertz CT molecular complexity index is 1720. The molecule has 1 saturated heterocycles. The Hall–Kier alpha value is -4.22. The number of carbonyl (C=O) groups is 1. The molecule has 0 bridgehead atoms. The van der Waals surface area contributed by atoms with Crippen molar-refractivity contribution >= 4 is 28.6 Å².